The summed E-state index contributed by atoms with van der Waals surface area (Å²) in [6.07, 6.45) is 0. The Morgan fingerprint density at radius 2 is 1.95 bits per heavy atom. The van der Waals surface area contributed by atoms with Crippen molar-refractivity contribution >= 4 is 33.2 Å². The van der Waals surface area contributed by atoms with Crippen LogP contribution in [0.2, 0.25) is 5.02 Å². The van der Waals surface area contributed by atoms with Gasteiger partial charge in [-0.1, -0.05) is 11.6 Å². The molecular weight excluding hydrogens is 346 g/mol. The van der Waals surface area contributed by atoms with Crippen molar-refractivity contribution < 1.29 is 14.6 Å². The number of hydrogen-bond donors (Lipinski definition) is 2. The fourth-order valence-corrected chi connectivity index (χ4v) is 2.50. The van der Waals surface area contributed by atoms with Crippen molar-refractivity contribution in [1.29, 1.82) is 0 Å². The van der Waals surface area contributed by atoms with Crippen LogP contribution >= 0.6 is 27.5 Å². The van der Waals surface area contributed by atoms with Gasteiger partial charge in [-0.3, -0.25) is 0 Å². The summed E-state index contributed by atoms with van der Waals surface area (Å²) in [5.74, 6) is 1.37. The van der Waals surface area contributed by atoms with Crippen molar-refractivity contribution in [3.8, 4) is 17.2 Å². The van der Waals surface area contributed by atoms with Gasteiger partial charge in [-0.15, -0.1) is 0 Å². The zero-order chi connectivity index (χ0) is 14.1. The number of aromatic hydroxyl groups is 1. The summed E-state index contributed by atoms with van der Waals surface area (Å²) < 4.78 is 11.4. The molecule has 0 unspecified atom stereocenters. The van der Waals surface area contributed by atoms with E-state index in [1.165, 1.54) is 0 Å². The lowest BCUT2D eigenvalue weighted by Gasteiger charge is -2.11. The Kier molecular flexibility index (Phi) is 3.63. The third-order valence-corrected chi connectivity index (χ3v) is 3.90. The van der Waals surface area contributed by atoms with Gasteiger partial charge in [0.1, 0.15) is 5.75 Å². The molecule has 104 valence electrons. The first kappa shape index (κ1) is 13.4. The van der Waals surface area contributed by atoms with Gasteiger partial charge in [-0.05, 0) is 40.2 Å². The van der Waals surface area contributed by atoms with E-state index in [1.807, 2.05) is 12.1 Å². The molecule has 1 aliphatic rings. The number of ether oxygens (including phenoxy) is 2. The normalized spacial score (nSPS) is 12.5. The highest BCUT2D eigenvalue weighted by molar-refractivity contribution is 9.10. The highest BCUT2D eigenvalue weighted by Crippen LogP contribution is 2.38. The number of phenolic OH excluding ortho intramolecular Hbond substituents is 1. The lowest BCUT2D eigenvalue weighted by molar-refractivity contribution is 0.174. The predicted octanol–water partition coefficient (Wildman–Crippen LogP) is 4.15. The van der Waals surface area contributed by atoms with Gasteiger partial charge in [0.05, 0.1) is 5.69 Å². The Morgan fingerprint density at radius 3 is 2.75 bits per heavy atom. The van der Waals surface area contributed by atoms with E-state index in [-0.39, 0.29) is 12.5 Å². The summed E-state index contributed by atoms with van der Waals surface area (Å²) in [7, 11) is 0. The molecule has 6 heteroatoms. The van der Waals surface area contributed by atoms with Gasteiger partial charge in [0.25, 0.3) is 0 Å². The summed E-state index contributed by atoms with van der Waals surface area (Å²) in [5.41, 5.74) is 1.58. The van der Waals surface area contributed by atoms with Crippen LogP contribution in [0.1, 0.15) is 5.56 Å². The summed E-state index contributed by atoms with van der Waals surface area (Å²) in [4.78, 5) is 0. The smallest absolute Gasteiger partial charge is 0.231 e. The third kappa shape index (κ3) is 2.64. The predicted molar refractivity (Wildman–Crippen MR) is 80.7 cm³/mol. The van der Waals surface area contributed by atoms with Crippen LogP contribution in [0.15, 0.2) is 34.8 Å². The molecule has 0 saturated heterocycles. The molecule has 0 saturated carbocycles. The van der Waals surface area contributed by atoms with E-state index in [2.05, 4.69) is 21.2 Å². The van der Waals surface area contributed by atoms with Crippen molar-refractivity contribution in [2.45, 2.75) is 6.54 Å². The van der Waals surface area contributed by atoms with Crippen LogP contribution in [0, 0.1) is 0 Å². The Morgan fingerprint density at radius 1 is 1.20 bits per heavy atom. The van der Waals surface area contributed by atoms with Crippen LogP contribution in [0.5, 0.6) is 17.2 Å². The molecule has 1 heterocycles. The second kappa shape index (κ2) is 5.42. The second-order valence-electron chi connectivity index (χ2n) is 4.31. The van der Waals surface area contributed by atoms with Gasteiger partial charge in [0, 0.05) is 27.7 Å². The number of halogens is 2. The van der Waals surface area contributed by atoms with Gasteiger partial charge in [-0.2, -0.15) is 0 Å². The van der Waals surface area contributed by atoms with Gasteiger partial charge in [0.15, 0.2) is 11.5 Å². The third-order valence-electron chi connectivity index (χ3n) is 2.97. The van der Waals surface area contributed by atoms with E-state index in [4.69, 9.17) is 21.1 Å². The fraction of sp³-hybridized carbons (Fsp3) is 0.143. The Labute approximate surface area is 129 Å². The SMILES string of the molecule is Oc1cc2c(cc1CNc1cc(Cl)ccc1Br)OCO2. The van der Waals surface area contributed by atoms with E-state index in [9.17, 15) is 5.11 Å². The summed E-state index contributed by atoms with van der Waals surface area (Å²) in [5, 5.41) is 13.8. The molecule has 0 aromatic heterocycles. The number of nitrogens with one attached hydrogen (secondary N) is 1. The average Bonchev–Trinajstić information content (AvgIpc) is 2.86. The molecule has 0 fully saturated rings. The molecule has 1 aliphatic heterocycles. The molecule has 0 atom stereocenters. The van der Waals surface area contributed by atoms with Crippen LogP contribution in [-0.4, -0.2) is 11.9 Å². The zero-order valence-electron chi connectivity index (χ0n) is 10.3. The van der Waals surface area contributed by atoms with Gasteiger partial charge >= 0.3 is 0 Å². The number of fused-ring (bicyclic) bond motifs is 1. The van der Waals surface area contributed by atoms with E-state index >= 15 is 0 Å². The molecule has 20 heavy (non-hydrogen) atoms. The van der Waals surface area contributed by atoms with Crippen molar-refractivity contribution in [3.05, 3.63) is 45.4 Å². The first-order valence-corrected chi connectivity index (χ1v) is 7.11. The summed E-state index contributed by atoms with van der Waals surface area (Å²) in [6.45, 7) is 0.632. The maximum absolute atomic E-state index is 9.96. The number of benzene rings is 2. The molecule has 2 aromatic rings. The highest BCUT2D eigenvalue weighted by atomic mass is 79.9. The molecule has 0 amide bonds. The Bertz CT molecular complexity index is 663. The monoisotopic (exact) mass is 355 g/mol. The van der Waals surface area contributed by atoms with E-state index < -0.39 is 0 Å². The largest absolute Gasteiger partial charge is 0.507 e. The molecule has 2 aromatic carbocycles. The first-order chi connectivity index (χ1) is 9.63. The van der Waals surface area contributed by atoms with Crippen molar-refractivity contribution in [1.82, 2.24) is 0 Å². The molecule has 3 rings (SSSR count). The Balaban J connectivity index is 1.80. The van der Waals surface area contributed by atoms with Gasteiger partial charge in [-0.25, -0.2) is 0 Å². The zero-order valence-corrected chi connectivity index (χ0v) is 12.7. The quantitative estimate of drug-likeness (QED) is 0.867. The van der Waals surface area contributed by atoms with Crippen LogP contribution in [-0.2, 0) is 6.54 Å². The van der Waals surface area contributed by atoms with Gasteiger partial charge < -0.3 is 19.9 Å². The second-order valence-corrected chi connectivity index (χ2v) is 5.60. The minimum absolute atomic E-state index is 0.167. The molecule has 0 aliphatic carbocycles. The minimum Gasteiger partial charge on any atom is -0.507 e. The average molecular weight is 357 g/mol. The van der Waals surface area contributed by atoms with Crippen molar-refractivity contribution in [3.63, 3.8) is 0 Å². The summed E-state index contributed by atoms with van der Waals surface area (Å²) in [6, 6.07) is 8.81. The number of hydrogen-bond acceptors (Lipinski definition) is 4. The maximum atomic E-state index is 9.96. The molecule has 0 radical (unpaired) electrons. The van der Waals surface area contributed by atoms with E-state index in [0.717, 1.165) is 15.7 Å². The lowest BCUT2D eigenvalue weighted by Crippen LogP contribution is -2.00. The number of rotatable bonds is 3. The molecule has 0 spiro atoms. The fourth-order valence-electron chi connectivity index (χ4n) is 1.94. The number of phenols is 1. The molecule has 4 nitrogen and oxygen atoms in total. The summed E-state index contributed by atoms with van der Waals surface area (Å²) >= 11 is 9.40. The van der Waals surface area contributed by atoms with Crippen molar-refractivity contribution in [2.75, 3.05) is 12.1 Å². The molecule has 2 N–H and O–H groups in total. The number of anilines is 1. The standard InChI is InChI=1S/C14H11BrClNO3/c15-10-2-1-9(16)4-11(10)17-6-8-3-13-14(5-12(8)18)20-7-19-13/h1-5,17-18H,6-7H2. The molecule has 0 bridgehead atoms. The van der Waals surface area contributed by atoms with Crippen LogP contribution in [0.3, 0.4) is 0 Å². The van der Waals surface area contributed by atoms with Crippen molar-refractivity contribution in [2.24, 2.45) is 0 Å². The van der Waals surface area contributed by atoms with Crippen LogP contribution in [0.25, 0.3) is 0 Å². The lowest BCUT2D eigenvalue weighted by atomic mass is 10.1. The van der Waals surface area contributed by atoms with Crippen LogP contribution < -0.4 is 14.8 Å². The minimum atomic E-state index is 0.167. The maximum Gasteiger partial charge on any atom is 0.231 e. The topological polar surface area (TPSA) is 50.7 Å². The van der Waals surface area contributed by atoms with Crippen LogP contribution in [0.4, 0.5) is 5.69 Å². The first-order valence-electron chi connectivity index (χ1n) is 5.94. The Hall–Kier alpha value is -1.59. The van der Waals surface area contributed by atoms with E-state index in [1.54, 1.807) is 18.2 Å². The molecular formula is C14H11BrClNO3. The van der Waals surface area contributed by atoms with Gasteiger partial charge in [0.2, 0.25) is 6.79 Å². The highest BCUT2D eigenvalue weighted by Gasteiger charge is 2.17. The van der Waals surface area contributed by atoms with E-state index in [0.29, 0.717) is 23.1 Å².